The predicted molar refractivity (Wildman–Crippen MR) is 98.2 cm³/mol. The molecule has 9 nitrogen and oxygen atoms in total. The van der Waals surface area contributed by atoms with Gasteiger partial charge in [-0.05, 0) is 24.3 Å². The van der Waals surface area contributed by atoms with E-state index in [1.807, 2.05) is 0 Å². The normalized spacial score (nSPS) is 11.9. The highest BCUT2D eigenvalue weighted by Gasteiger charge is 2.41. The summed E-state index contributed by atoms with van der Waals surface area (Å²) >= 11 is 0. The minimum Gasteiger partial charge on any atom is -0.480 e. The summed E-state index contributed by atoms with van der Waals surface area (Å²) in [5, 5.41) is 13.1. The van der Waals surface area contributed by atoms with Gasteiger partial charge in [-0.3, -0.25) is 4.79 Å². The first-order valence-electron chi connectivity index (χ1n) is 8.15. The topological polar surface area (TPSA) is 116 Å². The Morgan fingerprint density at radius 1 is 1.17 bits per heavy atom. The Labute approximate surface area is 168 Å². The summed E-state index contributed by atoms with van der Waals surface area (Å²) in [6.45, 7) is 0. The molecule has 2 aromatic heterocycles. The van der Waals surface area contributed by atoms with E-state index in [1.54, 1.807) is 0 Å². The van der Waals surface area contributed by atoms with Gasteiger partial charge in [0.2, 0.25) is 5.88 Å². The molecule has 1 amide bonds. The van der Waals surface area contributed by atoms with Crippen LogP contribution in [0.15, 0.2) is 47.5 Å². The molecule has 2 heterocycles. The lowest BCUT2D eigenvalue weighted by Crippen LogP contribution is -2.21. The monoisotopic (exact) mass is 441 g/mol. The average Bonchev–Trinajstić information content (AvgIpc) is 3.13. The molecule has 0 spiro atoms. The number of carbonyl (C=O) groups excluding carboxylic acids is 1. The Morgan fingerprint density at radius 3 is 2.47 bits per heavy atom. The van der Waals surface area contributed by atoms with Crippen LogP contribution in [0.3, 0.4) is 0 Å². The summed E-state index contributed by atoms with van der Waals surface area (Å²) in [7, 11) is -2.25. The largest absolute Gasteiger partial charge is 0.480 e. The SMILES string of the molecule is COc1ccc(-n2ncc(C(=O)Nc3cccc(S(C)(=O)=O)c3)c2C(F)(F)F)nn1. The summed E-state index contributed by atoms with van der Waals surface area (Å²) < 4.78 is 69.6. The summed E-state index contributed by atoms with van der Waals surface area (Å²) in [4.78, 5) is 12.4. The molecule has 158 valence electrons. The van der Waals surface area contributed by atoms with E-state index in [0.717, 1.165) is 18.5 Å². The molecule has 0 aliphatic carbocycles. The smallest absolute Gasteiger partial charge is 0.434 e. The Bertz CT molecular complexity index is 1190. The number of hydrogen-bond acceptors (Lipinski definition) is 7. The van der Waals surface area contributed by atoms with Gasteiger partial charge in [-0.2, -0.15) is 18.3 Å². The molecular formula is C17H14F3N5O4S. The van der Waals surface area contributed by atoms with Crippen molar-refractivity contribution in [3.8, 4) is 11.7 Å². The number of methoxy groups -OCH3 is 1. The summed E-state index contributed by atoms with van der Waals surface area (Å²) in [5.41, 5.74) is -2.13. The van der Waals surface area contributed by atoms with Gasteiger partial charge in [-0.25, -0.2) is 13.1 Å². The number of benzene rings is 1. The van der Waals surface area contributed by atoms with Crippen LogP contribution in [0.5, 0.6) is 5.88 Å². The number of anilines is 1. The fraction of sp³-hybridized carbons (Fsp3) is 0.176. The van der Waals surface area contributed by atoms with Crippen LogP contribution in [0, 0.1) is 0 Å². The predicted octanol–water partition coefficient (Wildman–Crippen LogP) is 2.35. The van der Waals surface area contributed by atoms with Crippen LogP contribution >= 0.6 is 0 Å². The maximum atomic E-state index is 13.7. The van der Waals surface area contributed by atoms with Crippen LogP contribution in [0.1, 0.15) is 16.1 Å². The first-order chi connectivity index (χ1) is 14.0. The molecule has 0 bridgehead atoms. The highest BCUT2D eigenvalue weighted by Crippen LogP contribution is 2.33. The zero-order valence-corrected chi connectivity index (χ0v) is 16.3. The van der Waals surface area contributed by atoms with Crippen LogP contribution < -0.4 is 10.1 Å². The molecular weight excluding hydrogens is 427 g/mol. The third-order valence-electron chi connectivity index (χ3n) is 3.85. The van der Waals surface area contributed by atoms with Gasteiger partial charge in [0.15, 0.2) is 21.3 Å². The van der Waals surface area contributed by atoms with E-state index in [0.29, 0.717) is 4.68 Å². The first kappa shape index (κ1) is 21.2. The number of ether oxygens (including phenoxy) is 1. The highest BCUT2D eigenvalue weighted by atomic mass is 32.2. The van der Waals surface area contributed by atoms with Crippen LogP contribution in [0.2, 0.25) is 0 Å². The first-order valence-corrected chi connectivity index (χ1v) is 10.0. The molecule has 3 rings (SSSR count). The number of nitrogens with one attached hydrogen (secondary N) is 1. The quantitative estimate of drug-likeness (QED) is 0.646. The molecule has 0 saturated heterocycles. The molecule has 0 saturated carbocycles. The van der Waals surface area contributed by atoms with Crippen molar-refractivity contribution in [1.82, 2.24) is 20.0 Å². The maximum absolute atomic E-state index is 13.7. The number of alkyl halides is 3. The number of aromatic nitrogens is 4. The lowest BCUT2D eigenvalue weighted by Gasteiger charge is -2.12. The van der Waals surface area contributed by atoms with Gasteiger partial charge in [0, 0.05) is 18.0 Å². The van der Waals surface area contributed by atoms with E-state index in [1.165, 1.54) is 37.4 Å². The van der Waals surface area contributed by atoms with Crippen molar-refractivity contribution in [3.63, 3.8) is 0 Å². The molecule has 0 unspecified atom stereocenters. The van der Waals surface area contributed by atoms with Crippen LogP contribution in [0.25, 0.3) is 5.82 Å². The Kier molecular flexibility index (Phi) is 5.48. The number of nitrogens with zero attached hydrogens (tertiary/aromatic N) is 4. The summed E-state index contributed by atoms with van der Waals surface area (Å²) in [6, 6.07) is 7.63. The summed E-state index contributed by atoms with van der Waals surface area (Å²) in [6.07, 6.45) is -3.24. The molecule has 1 N–H and O–H groups in total. The van der Waals surface area contributed by atoms with Gasteiger partial charge in [-0.1, -0.05) is 6.07 Å². The fourth-order valence-electron chi connectivity index (χ4n) is 2.50. The maximum Gasteiger partial charge on any atom is 0.434 e. The van der Waals surface area contributed by atoms with Gasteiger partial charge in [0.05, 0.1) is 23.8 Å². The number of amides is 1. The van der Waals surface area contributed by atoms with E-state index >= 15 is 0 Å². The Hall–Kier alpha value is -3.48. The van der Waals surface area contributed by atoms with Crippen molar-refractivity contribution in [2.75, 3.05) is 18.7 Å². The van der Waals surface area contributed by atoms with E-state index < -0.39 is 33.2 Å². The molecule has 13 heteroatoms. The number of rotatable bonds is 5. The van der Waals surface area contributed by atoms with Crippen molar-refractivity contribution in [2.24, 2.45) is 0 Å². The Morgan fingerprint density at radius 2 is 1.90 bits per heavy atom. The minimum atomic E-state index is -4.95. The van der Waals surface area contributed by atoms with Crippen molar-refractivity contribution in [1.29, 1.82) is 0 Å². The molecule has 1 aromatic carbocycles. The van der Waals surface area contributed by atoms with E-state index in [2.05, 4.69) is 20.6 Å². The molecule has 0 aliphatic rings. The molecule has 0 radical (unpaired) electrons. The van der Waals surface area contributed by atoms with Crippen LogP contribution in [0.4, 0.5) is 18.9 Å². The second-order valence-electron chi connectivity index (χ2n) is 6.00. The minimum absolute atomic E-state index is 0.00744. The van der Waals surface area contributed by atoms with Gasteiger partial charge >= 0.3 is 6.18 Å². The molecule has 3 aromatic rings. The van der Waals surface area contributed by atoms with Crippen molar-refractivity contribution >= 4 is 21.4 Å². The molecule has 30 heavy (non-hydrogen) atoms. The Balaban J connectivity index is 2.00. The second kappa shape index (κ2) is 7.74. The number of carbonyl (C=O) groups is 1. The number of hydrogen-bond donors (Lipinski definition) is 1. The average molecular weight is 441 g/mol. The van der Waals surface area contributed by atoms with Gasteiger partial charge in [0.1, 0.15) is 0 Å². The highest BCUT2D eigenvalue weighted by molar-refractivity contribution is 7.90. The van der Waals surface area contributed by atoms with Gasteiger partial charge in [-0.15, -0.1) is 10.2 Å². The van der Waals surface area contributed by atoms with Gasteiger partial charge in [0.25, 0.3) is 5.91 Å². The van der Waals surface area contributed by atoms with E-state index in [4.69, 9.17) is 4.74 Å². The standard InChI is InChI=1S/C17H14F3N5O4S/c1-29-14-7-6-13(23-24-14)25-15(17(18,19)20)12(9-21-25)16(26)22-10-4-3-5-11(8-10)30(2,27)28/h3-9H,1-2H3,(H,22,26). The van der Waals surface area contributed by atoms with Crippen LogP contribution in [-0.4, -0.2) is 47.7 Å². The van der Waals surface area contributed by atoms with Crippen molar-refractivity contribution < 1.29 is 31.1 Å². The third-order valence-corrected chi connectivity index (χ3v) is 4.96. The third kappa shape index (κ3) is 4.40. The zero-order chi connectivity index (χ0) is 22.1. The molecule has 0 atom stereocenters. The molecule has 0 fully saturated rings. The van der Waals surface area contributed by atoms with Crippen molar-refractivity contribution in [3.05, 3.63) is 53.9 Å². The zero-order valence-electron chi connectivity index (χ0n) is 15.5. The number of halogens is 3. The van der Waals surface area contributed by atoms with E-state index in [-0.39, 0.29) is 22.3 Å². The molecule has 0 aliphatic heterocycles. The fourth-order valence-corrected chi connectivity index (χ4v) is 3.17. The number of sulfone groups is 1. The van der Waals surface area contributed by atoms with Gasteiger partial charge < -0.3 is 10.1 Å². The second-order valence-corrected chi connectivity index (χ2v) is 8.02. The lowest BCUT2D eigenvalue weighted by molar-refractivity contribution is -0.143. The van der Waals surface area contributed by atoms with Crippen LogP contribution in [-0.2, 0) is 16.0 Å². The van der Waals surface area contributed by atoms with E-state index in [9.17, 15) is 26.4 Å². The summed E-state index contributed by atoms with van der Waals surface area (Å²) in [5.74, 6) is -1.31. The lowest BCUT2D eigenvalue weighted by atomic mass is 10.2. The van der Waals surface area contributed by atoms with Crippen molar-refractivity contribution in [2.45, 2.75) is 11.1 Å².